The molecule has 2 atom stereocenters. The SMILES string of the molecule is CCC(C)(CC(C)(C)C(=O)OCCC[Si](OC)(OC)OC)C(=O)OC1CCCCO1. The summed E-state index contributed by atoms with van der Waals surface area (Å²) in [6, 6.07) is 0.546. The lowest BCUT2D eigenvalue weighted by atomic mass is 9.72. The van der Waals surface area contributed by atoms with Crippen LogP contribution in [0.1, 0.15) is 66.2 Å². The minimum atomic E-state index is -2.68. The number of hydrogen-bond acceptors (Lipinski definition) is 8. The predicted molar refractivity (Wildman–Crippen MR) is 114 cm³/mol. The van der Waals surface area contributed by atoms with E-state index in [4.69, 9.17) is 27.5 Å². The molecule has 1 rings (SSSR count). The van der Waals surface area contributed by atoms with Crippen LogP contribution in [0, 0.1) is 10.8 Å². The van der Waals surface area contributed by atoms with Gasteiger partial charge in [0.25, 0.3) is 0 Å². The fraction of sp³-hybridized carbons (Fsp3) is 0.905. The molecule has 1 aliphatic rings. The first-order valence-corrected chi connectivity index (χ1v) is 12.7. The lowest BCUT2D eigenvalue weighted by Gasteiger charge is -2.35. The first kappa shape index (κ1) is 27.0. The van der Waals surface area contributed by atoms with Gasteiger partial charge in [0.1, 0.15) is 0 Å². The second kappa shape index (κ2) is 12.1. The molecule has 1 saturated heterocycles. The molecule has 0 N–H and O–H groups in total. The van der Waals surface area contributed by atoms with E-state index in [1.807, 2.05) is 13.8 Å². The van der Waals surface area contributed by atoms with Crippen molar-refractivity contribution in [3.05, 3.63) is 0 Å². The molecule has 8 nitrogen and oxygen atoms in total. The number of carbonyl (C=O) groups excluding carboxylic acids is 2. The van der Waals surface area contributed by atoms with Gasteiger partial charge < -0.3 is 27.5 Å². The van der Waals surface area contributed by atoms with E-state index >= 15 is 0 Å². The second-order valence-electron chi connectivity index (χ2n) is 8.71. The lowest BCUT2D eigenvalue weighted by Crippen LogP contribution is -2.43. The maximum absolute atomic E-state index is 12.8. The number of esters is 2. The van der Waals surface area contributed by atoms with Gasteiger partial charge in [-0.05, 0) is 52.9 Å². The zero-order valence-electron chi connectivity index (χ0n) is 19.7. The average Bonchev–Trinajstić information content (AvgIpc) is 2.74. The third kappa shape index (κ3) is 7.60. The first-order chi connectivity index (χ1) is 14.1. The van der Waals surface area contributed by atoms with Gasteiger partial charge in [-0.2, -0.15) is 0 Å². The molecule has 176 valence electrons. The molecular formula is C21H40O8Si. The number of hydrogen-bond donors (Lipinski definition) is 0. The van der Waals surface area contributed by atoms with Crippen molar-refractivity contribution >= 4 is 20.7 Å². The molecule has 0 saturated carbocycles. The van der Waals surface area contributed by atoms with Crippen molar-refractivity contribution in [2.45, 2.75) is 78.6 Å². The van der Waals surface area contributed by atoms with Crippen LogP contribution in [0.2, 0.25) is 6.04 Å². The number of ether oxygens (including phenoxy) is 3. The van der Waals surface area contributed by atoms with Crippen molar-refractivity contribution in [2.24, 2.45) is 10.8 Å². The summed E-state index contributed by atoms with van der Waals surface area (Å²) in [5.41, 5.74) is -1.64. The Labute approximate surface area is 182 Å². The van der Waals surface area contributed by atoms with E-state index in [0.29, 0.717) is 38.3 Å². The van der Waals surface area contributed by atoms with Crippen molar-refractivity contribution in [1.82, 2.24) is 0 Å². The Hall–Kier alpha value is -1.00. The summed E-state index contributed by atoms with van der Waals surface area (Å²) >= 11 is 0. The molecule has 1 heterocycles. The van der Waals surface area contributed by atoms with E-state index in [-0.39, 0.29) is 18.5 Å². The van der Waals surface area contributed by atoms with Crippen LogP contribution in [-0.4, -0.2) is 61.6 Å². The molecular weight excluding hydrogens is 408 g/mol. The fourth-order valence-corrected chi connectivity index (χ4v) is 5.35. The summed E-state index contributed by atoms with van der Waals surface area (Å²) in [6.45, 7) is 8.20. The van der Waals surface area contributed by atoms with Crippen LogP contribution in [0.4, 0.5) is 0 Å². The van der Waals surface area contributed by atoms with Gasteiger partial charge in [-0.3, -0.25) is 9.59 Å². The van der Waals surface area contributed by atoms with Gasteiger partial charge in [0.2, 0.25) is 6.29 Å². The van der Waals surface area contributed by atoms with Gasteiger partial charge in [-0.1, -0.05) is 6.92 Å². The van der Waals surface area contributed by atoms with Crippen LogP contribution in [0.5, 0.6) is 0 Å². The topological polar surface area (TPSA) is 89.5 Å². The summed E-state index contributed by atoms with van der Waals surface area (Å²) in [6.07, 6.45) is 3.65. The third-order valence-corrected chi connectivity index (χ3v) is 8.66. The highest BCUT2D eigenvalue weighted by atomic mass is 28.4. The maximum Gasteiger partial charge on any atom is 0.500 e. The summed E-state index contributed by atoms with van der Waals surface area (Å²) in [7, 11) is 1.98. The molecule has 0 aromatic carbocycles. The van der Waals surface area contributed by atoms with E-state index in [1.165, 1.54) is 0 Å². The fourth-order valence-electron chi connectivity index (χ4n) is 3.66. The van der Waals surface area contributed by atoms with Gasteiger partial charge >= 0.3 is 20.7 Å². The van der Waals surface area contributed by atoms with Gasteiger partial charge in [0.15, 0.2) is 0 Å². The van der Waals surface area contributed by atoms with Crippen LogP contribution >= 0.6 is 0 Å². The molecule has 0 spiro atoms. The highest BCUT2D eigenvalue weighted by molar-refractivity contribution is 6.60. The number of rotatable bonds is 13. The van der Waals surface area contributed by atoms with E-state index in [2.05, 4.69) is 0 Å². The minimum Gasteiger partial charge on any atom is -0.465 e. The van der Waals surface area contributed by atoms with Crippen molar-refractivity contribution in [1.29, 1.82) is 0 Å². The quantitative estimate of drug-likeness (QED) is 0.239. The van der Waals surface area contributed by atoms with Crippen molar-refractivity contribution in [2.75, 3.05) is 34.5 Å². The molecule has 1 fully saturated rings. The van der Waals surface area contributed by atoms with E-state index in [0.717, 1.165) is 12.8 Å². The van der Waals surface area contributed by atoms with Gasteiger partial charge in [-0.25, -0.2) is 0 Å². The average molecular weight is 449 g/mol. The summed E-state index contributed by atoms with van der Waals surface area (Å²) in [4.78, 5) is 25.6. The summed E-state index contributed by atoms with van der Waals surface area (Å²) < 4.78 is 32.7. The largest absolute Gasteiger partial charge is 0.500 e. The molecule has 9 heteroatoms. The normalized spacial score (nSPS) is 19.8. The molecule has 30 heavy (non-hydrogen) atoms. The third-order valence-electron chi connectivity index (χ3n) is 5.83. The summed E-state index contributed by atoms with van der Waals surface area (Å²) in [5.74, 6) is -0.669. The Morgan fingerprint density at radius 3 is 2.17 bits per heavy atom. The van der Waals surface area contributed by atoms with Crippen molar-refractivity contribution < 1.29 is 37.1 Å². The highest BCUT2D eigenvalue weighted by Gasteiger charge is 2.44. The number of carbonyl (C=O) groups is 2. The van der Waals surface area contributed by atoms with E-state index < -0.39 is 25.9 Å². The Balaban J connectivity index is 2.60. The van der Waals surface area contributed by atoms with Gasteiger partial charge in [0, 0.05) is 33.8 Å². The maximum atomic E-state index is 12.8. The van der Waals surface area contributed by atoms with Crippen LogP contribution in [-0.2, 0) is 37.1 Å². The smallest absolute Gasteiger partial charge is 0.465 e. The molecule has 0 radical (unpaired) electrons. The standard InChI is InChI=1S/C21H40O8Si/c1-8-21(4,19(23)29-17-12-9-10-13-27-17)16-20(2,3)18(22)28-14-11-15-30(24-5,25-6)26-7/h17H,8-16H2,1-7H3. The van der Waals surface area contributed by atoms with E-state index in [9.17, 15) is 9.59 Å². The van der Waals surface area contributed by atoms with Crippen LogP contribution in [0.15, 0.2) is 0 Å². The Bertz CT molecular complexity index is 535. The van der Waals surface area contributed by atoms with E-state index in [1.54, 1.807) is 35.2 Å². The molecule has 0 aromatic rings. The minimum absolute atomic E-state index is 0.232. The molecule has 0 aliphatic carbocycles. The zero-order valence-corrected chi connectivity index (χ0v) is 20.7. The molecule has 0 amide bonds. The highest BCUT2D eigenvalue weighted by Crippen LogP contribution is 2.39. The molecule has 0 bridgehead atoms. The molecule has 0 aromatic heterocycles. The zero-order chi connectivity index (χ0) is 22.8. The molecule has 1 aliphatic heterocycles. The predicted octanol–water partition coefficient (Wildman–Crippen LogP) is 3.70. The lowest BCUT2D eigenvalue weighted by molar-refractivity contribution is -0.199. The Morgan fingerprint density at radius 1 is 1.03 bits per heavy atom. The van der Waals surface area contributed by atoms with Gasteiger partial charge in [-0.15, -0.1) is 0 Å². The monoisotopic (exact) mass is 448 g/mol. The first-order valence-electron chi connectivity index (χ1n) is 10.7. The van der Waals surface area contributed by atoms with Crippen molar-refractivity contribution in [3.63, 3.8) is 0 Å². The molecule has 2 unspecified atom stereocenters. The Kier molecular flexibility index (Phi) is 10.9. The second-order valence-corrected chi connectivity index (χ2v) is 11.8. The van der Waals surface area contributed by atoms with Crippen LogP contribution in [0.3, 0.4) is 0 Å². The van der Waals surface area contributed by atoms with Crippen LogP contribution < -0.4 is 0 Å². The summed E-state index contributed by atoms with van der Waals surface area (Å²) in [5, 5.41) is 0. The van der Waals surface area contributed by atoms with Gasteiger partial charge in [0.05, 0.1) is 24.0 Å². The van der Waals surface area contributed by atoms with Crippen molar-refractivity contribution in [3.8, 4) is 0 Å². The Morgan fingerprint density at radius 2 is 1.67 bits per heavy atom. The van der Waals surface area contributed by atoms with Crippen LogP contribution in [0.25, 0.3) is 0 Å².